The smallest absolute Gasteiger partial charge is 0.330 e. The maximum Gasteiger partial charge on any atom is 0.330 e. The topological polar surface area (TPSA) is 91.3 Å². The van der Waals surface area contributed by atoms with Gasteiger partial charge in [-0.1, -0.05) is 12.1 Å². The van der Waals surface area contributed by atoms with Gasteiger partial charge >= 0.3 is 11.9 Å². The zero-order valence-electron chi connectivity index (χ0n) is 17.1. The van der Waals surface area contributed by atoms with Crippen LogP contribution >= 0.6 is 0 Å². The SMILES string of the molecule is CCOC(=O)/C=C/c1ccc(Oc2ccc(/C=C/C(=O)OCC)cc2OC)c(O)c1. The summed E-state index contributed by atoms with van der Waals surface area (Å²) in [6.07, 6.45) is 5.75. The highest BCUT2D eigenvalue weighted by Crippen LogP contribution is 2.37. The maximum atomic E-state index is 11.4. The van der Waals surface area contributed by atoms with Crippen molar-refractivity contribution >= 4 is 24.1 Å². The molecule has 0 bridgehead atoms. The third-order valence-corrected chi connectivity index (χ3v) is 3.79. The van der Waals surface area contributed by atoms with Gasteiger partial charge in [0.2, 0.25) is 0 Å². The first-order valence-electron chi connectivity index (χ1n) is 9.35. The van der Waals surface area contributed by atoms with E-state index in [-0.39, 0.29) is 11.5 Å². The van der Waals surface area contributed by atoms with Crippen LogP contribution in [0.1, 0.15) is 25.0 Å². The molecule has 0 amide bonds. The van der Waals surface area contributed by atoms with Crippen molar-refractivity contribution in [3.63, 3.8) is 0 Å². The minimum atomic E-state index is -0.459. The Morgan fingerprint density at radius 1 is 0.833 bits per heavy atom. The summed E-state index contributed by atoms with van der Waals surface area (Å²) in [5, 5.41) is 10.3. The molecule has 0 aliphatic heterocycles. The summed E-state index contributed by atoms with van der Waals surface area (Å²) >= 11 is 0. The van der Waals surface area contributed by atoms with E-state index < -0.39 is 11.9 Å². The first-order valence-corrected chi connectivity index (χ1v) is 9.35. The molecule has 0 aliphatic rings. The Morgan fingerprint density at radius 3 is 1.87 bits per heavy atom. The Balaban J connectivity index is 2.15. The Kier molecular flexibility index (Phi) is 8.50. The Bertz CT molecular complexity index is 945. The van der Waals surface area contributed by atoms with Gasteiger partial charge in [-0.15, -0.1) is 0 Å². The molecule has 2 aromatic rings. The molecule has 0 saturated heterocycles. The normalized spacial score (nSPS) is 10.9. The van der Waals surface area contributed by atoms with E-state index in [9.17, 15) is 14.7 Å². The largest absolute Gasteiger partial charge is 0.504 e. The van der Waals surface area contributed by atoms with E-state index >= 15 is 0 Å². The van der Waals surface area contributed by atoms with Crippen LogP contribution in [-0.4, -0.2) is 37.4 Å². The number of carbonyl (C=O) groups excluding carboxylic acids is 2. The maximum absolute atomic E-state index is 11.4. The second-order valence-corrected chi connectivity index (χ2v) is 5.91. The summed E-state index contributed by atoms with van der Waals surface area (Å²) in [6, 6.07) is 9.83. The monoisotopic (exact) mass is 412 g/mol. The molecule has 1 N–H and O–H groups in total. The van der Waals surface area contributed by atoms with Crippen LogP contribution in [0.3, 0.4) is 0 Å². The van der Waals surface area contributed by atoms with Gasteiger partial charge in [-0.25, -0.2) is 9.59 Å². The molecular weight excluding hydrogens is 388 g/mol. The van der Waals surface area contributed by atoms with Crippen molar-refractivity contribution in [3.8, 4) is 23.0 Å². The van der Waals surface area contributed by atoms with Crippen molar-refractivity contribution in [2.24, 2.45) is 0 Å². The van der Waals surface area contributed by atoms with Gasteiger partial charge in [-0.3, -0.25) is 0 Å². The first kappa shape index (κ1) is 22.5. The van der Waals surface area contributed by atoms with E-state index in [1.165, 1.54) is 31.4 Å². The molecule has 30 heavy (non-hydrogen) atoms. The lowest BCUT2D eigenvalue weighted by atomic mass is 10.1. The van der Waals surface area contributed by atoms with E-state index in [1.807, 2.05) is 0 Å². The molecule has 0 radical (unpaired) electrons. The highest BCUT2D eigenvalue weighted by molar-refractivity contribution is 5.87. The van der Waals surface area contributed by atoms with Gasteiger partial charge in [-0.2, -0.15) is 0 Å². The Morgan fingerprint density at radius 2 is 1.37 bits per heavy atom. The molecule has 0 spiro atoms. The van der Waals surface area contributed by atoms with Crippen molar-refractivity contribution in [3.05, 3.63) is 59.7 Å². The third-order valence-electron chi connectivity index (χ3n) is 3.79. The second kappa shape index (κ2) is 11.3. The van der Waals surface area contributed by atoms with Gasteiger partial charge in [0.15, 0.2) is 23.0 Å². The van der Waals surface area contributed by atoms with E-state index in [2.05, 4.69) is 0 Å². The van der Waals surface area contributed by atoms with Crippen LogP contribution in [0.25, 0.3) is 12.2 Å². The molecule has 0 heterocycles. The lowest BCUT2D eigenvalue weighted by Gasteiger charge is -2.12. The zero-order valence-corrected chi connectivity index (χ0v) is 17.1. The van der Waals surface area contributed by atoms with Crippen LogP contribution in [0.5, 0.6) is 23.0 Å². The van der Waals surface area contributed by atoms with E-state index in [0.29, 0.717) is 30.3 Å². The number of hydrogen-bond donors (Lipinski definition) is 1. The predicted octanol–water partition coefficient (Wildman–Crippen LogP) is 4.35. The summed E-state index contributed by atoms with van der Waals surface area (Å²) in [5.41, 5.74) is 1.33. The fourth-order valence-corrected chi connectivity index (χ4v) is 2.42. The van der Waals surface area contributed by atoms with Crippen molar-refractivity contribution < 1.29 is 33.6 Å². The van der Waals surface area contributed by atoms with Gasteiger partial charge in [0.05, 0.1) is 20.3 Å². The Labute approximate surface area is 175 Å². The quantitative estimate of drug-likeness (QED) is 0.484. The number of methoxy groups -OCH3 is 1. The highest BCUT2D eigenvalue weighted by Gasteiger charge is 2.10. The van der Waals surface area contributed by atoms with Crippen LogP contribution in [0, 0.1) is 0 Å². The molecule has 0 atom stereocenters. The van der Waals surface area contributed by atoms with Crippen LogP contribution in [0.15, 0.2) is 48.6 Å². The molecule has 7 nitrogen and oxygen atoms in total. The highest BCUT2D eigenvalue weighted by atomic mass is 16.5. The van der Waals surface area contributed by atoms with Crippen molar-refractivity contribution in [1.29, 1.82) is 0 Å². The van der Waals surface area contributed by atoms with E-state index in [4.69, 9.17) is 18.9 Å². The molecule has 7 heteroatoms. The summed E-state index contributed by atoms with van der Waals surface area (Å²) < 4.78 is 20.8. The van der Waals surface area contributed by atoms with Crippen LogP contribution < -0.4 is 9.47 Å². The van der Waals surface area contributed by atoms with Gasteiger partial charge < -0.3 is 24.1 Å². The van der Waals surface area contributed by atoms with Gasteiger partial charge in [0, 0.05) is 12.2 Å². The first-order chi connectivity index (χ1) is 14.5. The van der Waals surface area contributed by atoms with Crippen LogP contribution in [0.2, 0.25) is 0 Å². The summed E-state index contributed by atoms with van der Waals surface area (Å²) in [6.45, 7) is 4.06. The van der Waals surface area contributed by atoms with Crippen molar-refractivity contribution in [1.82, 2.24) is 0 Å². The van der Waals surface area contributed by atoms with Crippen molar-refractivity contribution in [2.75, 3.05) is 20.3 Å². The molecular formula is C23H24O7. The van der Waals surface area contributed by atoms with Gasteiger partial charge in [0.25, 0.3) is 0 Å². The standard InChI is InChI=1S/C23H24O7/c1-4-28-22(25)12-8-16-6-10-19(18(24)14-16)30-20-11-7-17(15-21(20)27-3)9-13-23(26)29-5-2/h6-15,24H,4-5H2,1-3H3/b12-8+,13-9+. The minimum absolute atomic E-state index is 0.102. The lowest BCUT2D eigenvalue weighted by molar-refractivity contribution is -0.138. The number of benzene rings is 2. The number of phenols is 1. The molecule has 0 aromatic heterocycles. The number of carbonyl (C=O) groups is 2. The molecule has 0 fully saturated rings. The number of esters is 2. The summed E-state index contributed by atoms with van der Waals surface area (Å²) in [4.78, 5) is 22.8. The average molecular weight is 412 g/mol. The minimum Gasteiger partial charge on any atom is -0.504 e. The molecule has 158 valence electrons. The van der Waals surface area contributed by atoms with E-state index in [1.54, 1.807) is 50.3 Å². The molecule has 0 aliphatic carbocycles. The molecule has 0 unspecified atom stereocenters. The lowest BCUT2D eigenvalue weighted by Crippen LogP contribution is -1.98. The number of rotatable bonds is 9. The van der Waals surface area contributed by atoms with E-state index in [0.717, 1.165) is 5.56 Å². The number of hydrogen-bond acceptors (Lipinski definition) is 7. The molecule has 0 saturated carbocycles. The zero-order chi connectivity index (χ0) is 21.9. The van der Waals surface area contributed by atoms with Crippen LogP contribution in [-0.2, 0) is 19.1 Å². The Hall–Kier alpha value is -3.74. The second-order valence-electron chi connectivity index (χ2n) is 5.91. The van der Waals surface area contributed by atoms with Gasteiger partial charge in [0.1, 0.15) is 0 Å². The van der Waals surface area contributed by atoms with Crippen molar-refractivity contribution in [2.45, 2.75) is 13.8 Å². The summed E-state index contributed by atoms with van der Waals surface area (Å²) in [5.74, 6) is 0.0336. The van der Waals surface area contributed by atoms with Gasteiger partial charge in [-0.05, 0) is 61.4 Å². The fraction of sp³-hybridized carbons (Fsp3) is 0.217. The number of phenolic OH excluding ortho intramolecular Hbond substituents is 1. The average Bonchev–Trinajstić information content (AvgIpc) is 2.73. The summed E-state index contributed by atoms with van der Waals surface area (Å²) in [7, 11) is 1.49. The number of aromatic hydroxyl groups is 1. The molecule has 2 rings (SSSR count). The van der Waals surface area contributed by atoms with Crippen LogP contribution in [0.4, 0.5) is 0 Å². The fourth-order valence-electron chi connectivity index (χ4n) is 2.42. The third kappa shape index (κ3) is 6.70. The number of ether oxygens (including phenoxy) is 4. The molecule has 2 aromatic carbocycles. The predicted molar refractivity (Wildman–Crippen MR) is 113 cm³/mol.